The van der Waals surface area contributed by atoms with Gasteiger partial charge in [0.25, 0.3) is 5.56 Å². The van der Waals surface area contributed by atoms with Crippen molar-refractivity contribution in [2.45, 2.75) is 53.5 Å². The van der Waals surface area contributed by atoms with Gasteiger partial charge in [0.2, 0.25) is 5.91 Å². The lowest BCUT2D eigenvalue weighted by Crippen LogP contribution is -2.35. The number of hydrogen-bond acceptors (Lipinski definition) is 4. The van der Waals surface area contributed by atoms with Crippen LogP contribution >= 0.6 is 0 Å². The lowest BCUT2D eigenvalue weighted by Gasteiger charge is -2.20. The summed E-state index contributed by atoms with van der Waals surface area (Å²) in [6.07, 6.45) is 3.14. The van der Waals surface area contributed by atoms with Gasteiger partial charge in [0, 0.05) is 6.42 Å². The number of carbonyl (C=O) groups excluding carboxylic acids is 1. The fourth-order valence-corrected chi connectivity index (χ4v) is 2.14. The molecule has 7 nitrogen and oxygen atoms in total. The van der Waals surface area contributed by atoms with Gasteiger partial charge >= 0.3 is 0 Å². The van der Waals surface area contributed by atoms with E-state index in [1.165, 1.54) is 12.5 Å². The Labute approximate surface area is 129 Å². The number of fused-ring (bicyclic) bond motifs is 1. The highest BCUT2D eigenvalue weighted by Gasteiger charge is 2.21. The summed E-state index contributed by atoms with van der Waals surface area (Å²) in [6, 6.07) is 0. The molecule has 1 N–H and O–H groups in total. The Morgan fingerprint density at radius 1 is 1.23 bits per heavy atom. The van der Waals surface area contributed by atoms with Gasteiger partial charge < -0.3 is 0 Å². The van der Waals surface area contributed by atoms with Crippen molar-refractivity contribution in [3.8, 4) is 0 Å². The normalized spacial score (nSPS) is 12.6. The molecular formula is C15H23N5O2. The topological polar surface area (TPSA) is 81.8 Å². The first-order chi connectivity index (χ1) is 9.99. The Hall–Kier alpha value is -2.18. The van der Waals surface area contributed by atoms with Crippen LogP contribution in [0.4, 0.5) is 0 Å². The van der Waals surface area contributed by atoms with E-state index in [4.69, 9.17) is 0 Å². The molecule has 0 unspecified atom stereocenters. The second-order valence-corrected chi connectivity index (χ2v) is 7.66. The molecule has 2 aromatic rings. The van der Waals surface area contributed by atoms with Gasteiger partial charge in [0.05, 0.1) is 11.7 Å². The van der Waals surface area contributed by atoms with Gasteiger partial charge in [-0.1, -0.05) is 20.8 Å². The van der Waals surface area contributed by atoms with Gasteiger partial charge in [-0.05, 0) is 26.2 Å². The molecule has 0 fully saturated rings. The van der Waals surface area contributed by atoms with Crippen LogP contribution in [0.3, 0.4) is 0 Å². The smallest absolute Gasteiger partial charge is 0.273 e. The average molecular weight is 305 g/mol. The molecule has 0 saturated carbocycles. The molecule has 0 aromatic carbocycles. The van der Waals surface area contributed by atoms with Crippen molar-refractivity contribution in [3.05, 3.63) is 22.9 Å². The lowest BCUT2D eigenvalue weighted by atomic mass is 9.92. The van der Waals surface area contributed by atoms with Gasteiger partial charge in [-0.25, -0.2) is 14.3 Å². The maximum absolute atomic E-state index is 12.4. The molecule has 0 bridgehead atoms. The van der Waals surface area contributed by atoms with Gasteiger partial charge in [0.15, 0.2) is 5.65 Å². The zero-order valence-electron chi connectivity index (χ0n) is 14.0. The van der Waals surface area contributed by atoms with E-state index in [2.05, 4.69) is 15.5 Å². The fraction of sp³-hybridized carbons (Fsp3) is 0.600. The van der Waals surface area contributed by atoms with Crippen molar-refractivity contribution in [1.82, 2.24) is 19.4 Å². The molecule has 2 rings (SSSR count). The fourth-order valence-electron chi connectivity index (χ4n) is 2.14. The molecule has 22 heavy (non-hydrogen) atoms. The third-order valence-corrected chi connectivity index (χ3v) is 3.06. The second kappa shape index (κ2) is 5.23. The zero-order valence-corrected chi connectivity index (χ0v) is 14.0. The number of nitrogens with one attached hydrogen (secondary N) is 1. The van der Waals surface area contributed by atoms with E-state index >= 15 is 0 Å². The van der Waals surface area contributed by atoms with Crippen molar-refractivity contribution in [2.75, 3.05) is 5.43 Å². The largest absolute Gasteiger partial charge is 0.283 e. The number of rotatable bonds is 2. The van der Waals surface area contributed by atoms with E-state index in [0.717, 1.165) is 4.68 Å². The van der Waals surface area contributed by atoms with Gasteiger partial charge in [-0.2, -0.15) is 5.10 Å². The van der Waals surface area contributed by atoms with E-state index in [9.17, 15) is 9.59 Å². The molecule has 7 heteroatoms. The highest BCUT2D eigenvalue weighted by molar-refractivity contribution is 5.84. The molecule has 2 heterocycles. The molecule has 0 aliphatic carbocycles. The number of amides is 1. The van der Waals surface area contributed by atoms with Crippen LogP contribution in [-0.4, -0.2) is 25.3 Å². The summed E-state index contributed by atoms with van der Waals surface area (Å²) >= 11 is 0. The monoisotopic (exact) mass is 305 g/mol. The molecule has 0 aliphatic rings. The summed E-state index contributed by atoms with van der Waals surface area (Å²) in [5.41, 5.74) is 2.33. The van der Waals surface area contributed by atoms with Crippen molar-refractivity contribution < 1.29 is 4.79 Å². The number of aromatic nitrogens is 4. The predicted octanol–water partition coefficient (Wildman–Crippen LogP) is 1.85. The van der Waals surface area contributed by atoms with E-state index in [0.29, 0.717) is 17.5 Å². The lowest BCUT2D eigenvalue weighted by molar-refractivity contribution is -0.118. The molecule has 120 valence electrons. The van der Waals surface area contributed by atoms with Crippen molar-refractivity contribution in [2.24, 2.45) is 5.41 Å². The first-order valence-corrected chi connectivity index (χ1v) is 7.25. The Morgan fingerprint density at radius 3 is 2.41 bits per heavy atom. The quantitative estimate of drug-likeness (QED) is 0.918. The van der Waals surface area contributed by atoms with Gasteiger partial charge in [-0.15, -0.1) is 0 Å². The Balaban J connectivity index is 2.37. The Kier molecular flexibility index (Phi) is 3.85. The maximum atomic E-state index is 12.4. The molecule has 2 aromatic heterocycles. The Bertz CT molecular complexity index is 759. The molecule has 0 atom stereocenters. The minimum Gasteiger partial charge on any atom is -0.273 e. The summed E-state index contributed by atoms with van der Waals surface area (Å²) in [5.74, 6) is -0.223. The van der Waals surface area contributed by atoms with Crippen molar-refractivity contribution in [1.29, 1.82) is 0 Å². The van der Waals surface area contributed by atoms with Crippen LogP contribution in [0, 0.1) is 5.41 Å². The minimum atomic E-state index is -0.331. The summed E-state index contributed by atoms with van der Waals surface area (Å²) < 4.78 is 2.82. The molecule has 0 saturated heterocycles. The number of nitrogens with zero attached hydrogens (tertiary/aromatic N) is 4. The second-order valence-electron chi connectivity index (χ2n) is 7.66. The van der Waals surface area contributed by atoms with E-state index in [1.807, 2.05) is 41.5 Å². The minimum absolute atomic E-state index is 0.150. The first kappa shape index (κ1) is 16.2. The van der Waals surface area contributed by atoms with Crippen LogP contribution in [0.1, 0.15) is 48.0 Å². The molecule has 0 radical (unpaired) electrons. The predicted molar refractivity (Wildman–Crippen MR) is 85.2 cm³/mol. The zero-order chi connectivity index (χ0) is 16.7. The highest BCUT2D eigenvalue weighted by atomic mass is 16.2. The summed E-state index contributed by atoms with van der Waals surface area (Å²) in [4.78, 5) is 28.7. The molecule has 1 amide bonds. The summed E-state index contributed by atoms with van der Waals surface area (Å²) in [7, 11) is 0. The molecule has 0 spiro atoms. The van der Waals surface area contributed by atoms with E-state index in [-0.39, 0.29) is 22.4 Å². The Morgan fingerprint density at radius 2 is 1.86 bits per heavy atom. The molecule has 0 aliphatic heterocycles. The third-order valence-electron chi connectivity index (χ3n) is 3.06. The van der Waals surface area contributed by atoms with Crippen LogP contribution in [0.5, 0.6) is 0 Å². The van der Waals surface area contributed by atoms with Crippen LogP contribution in [0.15, 0.2) is 17.3 Å². The molecular weight excluding hydrogens is 282 g/mol. The van der Waals surface area contributed by atoms with E-state index in [1.54, 1.807) is 4.68 Å². The van der Waals surface area contributed by atoms with Crippen molar-refractivity contribution in [3.63, 3.8) is 0 Å². The van der Waals surface area contributed by atoms with Crippen LogP contribution in [0.25, 0.3) is 11.0 Å². The van der Waals surface area contributed by atoms with Gasteiger partial charge in [-0.3, -0.25) is 15.0 Å². The highest BCUT2D eigenvalue weighted by Crippen LogP contribution is 2.19. The van der Waals surface area contributed by atoms with Crippen LogP contribution in [-0.2, 0) is 10.3 Å². The standard InChI is InChI=1S/C15H23N5O2/c1-14(2,3)7-11(21)18-19-9-16-12-10(13(19)22)8-17-20(12)15(4,5)6/h8-9H,7H2,1-6H3,(H,18,21). The van der Waals surface area contributed by atoms with Crippen LogP contribution in [0.2, 0.25) is 0 Å². The van der Waals surface area contributed by atoms with Crippen LogP contribution < -0.4 is 11.0 Å². The van der Waals surface area contributed by atoms with E-state index < -0.39 is 0 Å². The SMILES string of the molecule is CC(C)(C)CC(=O)Nn1cnc2c(cnn2C(C)(C)C)c1=O. The number of carbonyl (C=O) groups is 1. The number of hydrogen-bond donors (Lipinski definition) is 1. The summed E-state index contributed by atoms with van der Waals surface area (Å²) in [6.45, 7) is 11.8. The summed E-state index contributed by atoms with van der Waals surface area (Å²) in [5, 5.41) is 4.62. The average Bonchev–Trinajstić information content (AvgIpc) is 2.74. The van der Waals surface area contributed by atoms with Crippen molar-refractivity contribution >= 4 is 16.9 Å². The third kappa shape index (κ3) is 3.35. The van der Waals surface area contributed by atoms with Gasteiger partial charge in [0.1, 0.15) is 11.7 Å². The first-order valence-electron chi connectivity index (χ1n) is 7.25. The maximum Gasteiger partial charge on any atom is 0.283 e.